The first kappa shape index (κ1) is 23.8. The predicted molar refractivity (Wildman–Crippen MR) is 125 cm³/mol. The maximum Gasteiger partial charge on any atom is 0.291 e. The van der Waals surface area contributed by atoms with Crippen molar-refractivity contribution in [3.05, 3.63) is 75.1 Å². The molecule has 0 aliphatic carbocycles. The highest BCUT2D eigenvalue weighted by atomic mass is 35.5. The van der Waals surface area contributed by atoms with E-state index in [1.54, 1.807) is 39.0 Å². The maximum absolute atomic E-state index is 12.8. The number of benzene rings is 2. The Balaban J connectivity index is 1.82. The third kappa shape index (κ3) is 5.29. The summed E-state index contributed by atoms with van der Waals surface area (Å²) < 4.78 is 29.1. The summed E-state index contributed by atoms with van der Waals surface area (Å²) in [6.07, 6.45) is 1.23. The number of nitrogens with zero attached hydrogens (tertiary/aromatic N) is 2. The van der Waals surface area contributed by atoms with Crippen molar-refractivity contribution in [1.82, 2.24) is 9.78 Å². The van der Waals surface area contributed by atoms with Gasteiger partial charge in [-0.3, -0.25) is 14.3 Å². The number of sulfonamides is 1. The third-order valence-corrected chi connectivity index (χ3v) is 6.47. The van der Waals surface area contributed by atoms with Crippen LogP contribution in [0, 0.1) is 5.41 Å². The van der Waals surface area contributed by atoms with Crippen molar-refractivity contribution in [2.75, 3.05) is 10.0 Å². The molecule has 1 heterocycles. The normalized spacial score (nSPS) is 11.8. The second-order valence-electron chi connectivity index (χ2n) is 7.91. The van der Waals surface area contributed by atoms with Crippen LogP contribution in [0.25, 0.3) is 5.69 Å². The molecule has 2 N–H and O–H groups in total. The van der Waals surface area contributed by atoms with Gasteiger partial charge in [-0.2, -0.15) is 9.78 Å². The maximum atomic E-state index is 12.8. The summed E-state index contributed by atoms with van der Waals surface area (Å²) in [5.41, 5.74) is -0.155. The minimum atomic E-state index is -3.93. The standard InChI is InChI=1S/C21H20Cl2N4O4S/c1-21(2,3)20(29)25-13-5-4-6-14(11-13)26-32(30,31)16-9-7-15(8-10-16)27-19(28)18(23)17(22)12-24-27/h4-12,26H,1-3H3,(H,25,29). The number of hydrogen-bond donors (Lipinski definition) is 2. The van der Waals surface area contributed by atoms with Crippen molar-refractivity contribution in [2.45, 2.75) is 25.7 Å². The number of halogens is 2. The molecule has 0 fully saturated rings. The van der Waals surface area contributed by atoms with Gasteiger partial charge in [0.2, 0.25) is 5.91 Å². The first-order valence-electron chi connectivity index (χ1n) is 9.36. The second kappa shape index (κ2) is 8.93. The lowest BCUT2D eigenvalue weighted by Gasteiger charge is -2.18. The molecule has 0 atom stereocenters. The van der Waals surface area contributed by atoms with Crippen molar-refractivity contribution < 1.29 is 13.2 Å². The smallest absolute Gasteiger partial charge is 0.291 e. The van der Waals surface area contributed by atoms with E-state index in [4.69, 9.17) is 23.2 Å². The fourth-order valence-corrected chi connectivity index (χ4v) is 3.86. The molecule has 0 aliphatic rings. The Kier molecular flexibility index (Phi) is 6.64. The van der Waals surface area contributed by atoms with Gasteiger partial charge in [-0.05, 0) is 42.5 Å². The Morgan fingerprint density at radius 1 is 1.03 bits per heavy atom. The minimum absolute atomic E-state index is 0.0252. The van der Waals surface area contributed by atoms with Gasteiger partial charge in [-0.25, -0.2) is 8.42 Å². The fraction of sp³-hybridized carbons (Fsp3) is 0.190. The molecular formula is C21H20Cl2N4O4S. The van der Waals surface area contributed by atoms with E-state index in [2.05, 4.69) is 15.1 Å². The lowest BCUT2D eigenvalue weighted by atomic mass is 9.95. The minimum Gasteiger partial charge on any atom is -0.326 e. The molecule has 0 unspecified atom stereocenters. The number of amides is 1. The highest BCUT2D eigenvalue weighted by Crippen LogP contribution is 2.23. The van der Waals surface area contributed by atoms with Crippen molar-refractivity contribution >= 4 is 50.5 Å². The average molecular weight is 495 g/mol. The SMILES string of the molecule is CC(C)(C)C(=O)Nc1cccc(NS(=O)(=O)c2ccc(-n3ncc(Cl)c(Cl)c3=O)cc2)c1. The van der Waals surface area contributed by atoms with Gasteiger partial charge in [0.1, 0.15) is 5.02 Å². The lowest BCUT2D eigenvalue weighted by Crippen LogP contribution is -2.27. The number of rotatable bonds is 5. The zero-order valence-corrected chi connectivity index (χ0v) is 19.7. The van der Waals surface area contributed by atoms with E-state index >= 15 is 0 Å². The summed E-state index contributed by atoms with van der Waals surface area (Å²) in [5, 5.41) is 6.50. The van der Waals surface area contributed by atoms with Crippen molar-refractivity contribution in [3.8, 4) is 5.69 Å². The third-order valence-electron chi connectivity index (χ3n) is 4.32. The van der Waals surface area contributed by atoms with E-state index in [-0.39, 0.29) is 26.5 Å². The Morgan fingerprint density at radius 3 is 2.28 bits per heavy atom. The van der Waals surface area contributed by atoms with Crippen molar-refractivity contribution in [2.24, 2.45) is 5.41 Å². The van der Waals surface area contributed by atoms with Gasteiger partial charge in [-0.1, -0.05) is 50.0 Å². The molecule has 32 heavy (non-hydrogen) atoms. The van der Waals surface area contributed by atoms with E-state index in [0.29, 0.717) is 11.4 Å². The van der Waals surface area contributed by atoms with Crippen LogP contribution >= 0.6 is 23.2 Å². The van der Waals surface area contributed by atoms with Gasteiger partial charge in [-0.15, -0.1) is 0 Å². The summed E-state index contributed by atoms with van der Waals surface area (Å²) in [6, 6.07) is 11.9. The zero-order chi connectivity index (χ0) is 23.7. The number of nitrogens with one attached hydrogen (secondary N) is 2. The first-order valence-corrected chi connectivity index (χ1v) is 11.6. The Labute approximate surface area is 195 Å². The fourth-order valence-electron chi connectivity index (χ4n) is 2.56. The molecule has 1 aromatic heterocycles. The van der Waals surface area contributed by atoms with E-state index in [1.165, 1.54) is 36.5 Å². The quantitative estimate of drug-likeness (QED) is 0.548. The summed E-state index contributed by atoms with van der Waals surface area (Å²) in [5.74, 6) is -0.195. The van der Waals surface area contributed by atoms with E-state index in [0.717, 1.165) is 4.68 Å². The molecule has 0 saturated heterocycles. The number of carbonyl (C=O) groups is 1. The molecule has 0 bridgehead atoms. The predicted octanol–water partition coefficient (Wildman–Crippen LogP) is 4.32. The van der Waals surface area contributed by atoms with Gasteiger partial charge in [0.15, 0.2) is 0 Å². The largest absolute Gasteiger partial charge is 0.326 e. The van der Waals surface area contributed by atoms with Crippen molar-refractivity contribution in [1.29, 1.82) is 0 Å². The van der Waals surface area contributed by atoms with Gasteiger partial charge in [0.05, 0.1) is 27.5 Å². The van der Waals surface area contributed by atoms with Gasteiger partial charge < -0.3 is 5.32 Å². The molecule has 0 saturated carbocycles. The molecule has 11 heteroatoms. The molecule has 168 valence electrons. The van der Waals surface area contributed by atoms with Crippen LogP contribution in [0.2, 0.25) is 10.0 Å². The Bertz CT molecular complexity index is 1330. The van der Waals surface area contributed by atoms with Crippen LogP contribution in [0.1, 0.15) is 20.8 Å². The lowest BCUT2D eigenvalue weighted by molar-refractivity contribution is -0.123. The first-order chi connectivity index (χ1) is 14.9. The van der Waals surface area contributed by atoms with E-state index in [9.17, 15) is 18.0 Å². The molecular weight excluding hydrogens is 475 g/mol. The Morgan fingerprint density at radius 2 is 1.66 bits per heavy atom. The van der Waals surface area contributed by atoms with Crippen LogP contribution in [-0.2, 0) is 14.8 Å². The summed E-state index contributed by atoms with van der Waals surface area (Å²) >= 11 is 11.6. The zero-order valence-electron chi connectivity index (χ0n) is 17.4. The van der Waals surface area contributed by atoms with Gasteiger partial charge in [0.25, 0.3) is 15.6 Å². The highest BCUT2D eigenvalue weighted by molar-refractivity contribution is 7.92. The van der Waals surface area contributed by atoms with Crippen LogP contribution in [0.15, 0.2) is 64.4 Å². The van der Waals surface area contributed by atoms with Crippen LogP contribution in [0.5, 0.6) is 0 Å². The number of carbonyl (C=O) groups excluding carboxylic acids is 1. The van der Waals surface area contributed by atoms with E-state index < -0.39 is 21.0 Å². The Hall–Kier alpha value is -2.88. The molecule has 0 spiro atoms. The molecule has 3 rings (SSSR count). The number of anilines is 2. The van der Waals surface area contributed by atoms with Gasteiger partial charge >= 0.3 is 0 Å². The number of hydrogen-bond acceptors (Lipinski definition) is 5. The summed E-state index contributed by atoms with van der Waals surface area (Å²) in [4.78, 5) is 24.3. The van der Waals surface area contributed by atoms with Crippen LogP contribution in [-0.4, -0.2) is 24.1 Å². The topological polar surface area (TPSA) is 110 Å². The van der Waals surface area contributed by atoms with Gasteiger partial charge in [0, 0.05) is 11.1 Å². The molecule has 3 aromatic rings. The highest BCUT2D eigenvalue weighted by Gasteiger charge is 2.21. The molecule has 0 radical (unpaired) electrons. The van der Waals surface area contributed by atoms with Crippen LogP contribution < -0.4 is 15.6 Å². The molecule has 0 aliphatic heterocycles. The monoisotopic (exact) mass is 494 g/mol. The van der Waals surface area contributed by atoms with Crippen LogP contribution in [0.4, 0.5) is 11.4 Å². The summed E-state index contributed by atoms with van der Waals surface area (Å²) in [6.45, 7) is 5.33. The second-order valence-corrected chi connectivity index (χ2v) is 10.4. The van der Waals surface area contributed by atoms with E-state index in [1.807, 2.05) is 0 Å². The molecule has 2 aromatic carbocycles. The summed E-state index contributed by atoms with van der Waals surface area (Å²) in [7, 11) is -3.93. The molecule has 8 nitrogen and oxygen atoms in total. The van der Waals surface area contributed by atoms with Crippen LogP contribution in [0.3, 0.4) is 0 Å². The number of aromatic nitrogens is 2. The molecule has 1 amide bonds. The van der Waals surface area contributed by atoms with Crippen molar-refractivity contribution in [3.63, 3.8) is 0 Å². The average Bonchev–Trinajstić information content (AvgIpc) is 2.71.